The van der Waals surface area contributed by atoms with E-state index in [0.717, 1.165) is 28.7 Å². The summed E-state index contributed by atoms with van der Waals surface area (Å²) in [6.45, 7) is 1.89. The molecule has 1 saturated heterocycles. The number of urea groups is 1. The molecule has 0 radical (unpaired) electrons. The highest BCUT2D eigenvalue weighted by Gasteiger charge is 2.27. The van der Waals surface area contributed by atoms with Crippen LogP contribution in [0.3, 0.4) is 0 Å². The van der Waals surface area contributed by atoms with E-state index < -0.39 is 0 Å². The van der Waals surface area contributed by atoms with Crippen molar-refractivity contribution in [2.24, 2.45) is 0 Å². The summed E-state index contributed by atoms with van der Waals surface area (Å²) in [7, 11) is 4.10. The molecule has 2 amide bonds. The number of halogens is 2. The Labute approximate surface area is 225 Å². The van der Waals surface area contributed by atoms with Gasteiger partial charge in [-0.25, -0.2) is 9.59 Å². The number of H-pyrrole nitrogens is 1. The molecule has 0 bridgehead atoms. The number of carbonyl (C=O) groups is 1. The van der Waals surface area contributed by atoms with Gasteiger partial charge in [0.2, 0.25) is 0 Å². The lowest BCUT2D eigenvalue weighted by Gasteiger charge is -2.32. The predicted octanol–water partition coefficient (Wildman–Crippen LogP) is 6.23. The van der Waals surface area contributed by atoms with Gasteiger partial charge >= 0.3 is 11.7 Å². The van der Waals surface area contributed by atoms with E-state index in [-0.39, 0.29) is 17.8 Å². The number of nitrogens with zero attached hydrogens (tertiary/aromatic N) is 3. The van der Waals surface area contributed by atoms with Crippen molar-refractivity contribution in [2.45, 2.75) is 25.4 Å². The molecule has 2 heterocycles. The zero-order chi connectivity index (χ0) is 26.1. The van der Waals surface area contributed by atoms with Gasteiger partial charge in [-0.15, -0.1) is 0 Å². The topological polar surface area (TPSA) is 73.4 Å². The number of amides is 2. The third kappa shape index (κ3) is 5.25. The number of piperidine rings is 1. The molecule has 1 aliphatic heterocycles. The third-order valence-corrected chi connectivity index (χ3v) is 7.57. The first-order valence-corrected chi connectivity index (χ1v) is 13.0. The molecule has 0 unspecified atom stereocenters. The average Bonchev–Trinajstić information content (AvgIpc) is 3.22. The van der Waals surface area contributed by atoms with E-state index in [1.54, 1.807) is 23.1 Å². The van der Waals surface area contributed by atoms with Crippen LogP contribution in [0.1, 0.15) is 24.4 Å². The van der Waals surface area contributed by atoms with Crippen LogP contribution in [-0.2, 0) is 6.54 Å². The number of aromatic amines is 1. The molecule has 2 N–H and O–H groups in total. The van der Waals surface area contributed by atoms with Crippen LogP contribution in [0.4, 0.5) is 10.5 Å². The Balaban J connectivity index is 1.36. The van der Waals surface area contributed by atoms with E-state index in [4.69, 9.17) is 23.2 Å². The van der Waals surface area contributed by atoms with Crippen molar-refractivity contribution in [1.29, 1.82) is 0 Å². The molecule has 0 spiro atoms. The van der Waals surface area contributed by atoms with Crippen molar-refractivity contribution in [2.75, 3.05) is 32.5 Å². The van der Waals surface area contributed by atoms with E-state index >= 15 is 0 Å². The second kappa shape index (κ2) is 10.6. The first-order valence-electron chi connectivity index (χ1n) is 12.3. The minimum absolute atomic E-state index is 0.00236. The Morgan fingerprint density at radius 1 is 1.00 bits per heavy atom. The van der Waals surface area contributed by atoms with Crippen molar-refractivity contribution < 1.29 is 4.79 Å². The van der Waals surface area contributed by atoms with Gasteiger partial charge in [0.1, 0.15) is 0 Å². The maximum atomic E-state index is 13.2. The number of benzene rings is 3. The highest BCUT2D eigenvalue weighted by Crippen LogP contribution is 2.33. The highest BCUT2D eigenvalue weighted by atomic mass is 35.5. The number of fused-ring (bicyclic) bond motifs is 1. The number of carbonyl (C=O) groups excluding carboxylic acids is 1. The van der Waals surface area contributed by atoms with Crippen LogP contribution in [0.2, 0.25) is 10.0 Å². The molecule has 0 aliphatic carbocycles. The van der Waals surface area contributed by atoms with Crippen LogP contribution in [0.5, 0.6) is 0 Å². The maximum Gasteiger partial charge on any atom is 0.326 e. The van der Waals surface area contributed by atoms with Crippen molar-refractivity contribution in [3.8, 4) is 11.1 Å². The summed E-state index contributed by atoms with van der Waals surface area (Å²) < 4.78 is 1.86. The summed E-state index contributed by atoms with van der Waals surface area (Å²) >= 11 is 12.0. The fourth-order valence-electron chi connectivity index (χ4n) is 5.10. The van der Waals surface area contributed by atoms with Crippen LogP contribution < -0.4 is 11.0 Å². The summed E-state index contributed by atoms with van der Waals surface area (Å²) in [5.74, 6) is 0. The molecule has 1 fully saturated rings. The van der Waals surface area contributed by atoms with Crippen LogP contribution in [-0.4, -0.2) is 52.6 Å². The van der Waals surface area contributed by atoms with Crippen molar-refractivity contribution >= 4 is 46.0 Å². The van der Waals surface area contributed by atoms with Crippen LogP contribution >= 0.6 is 23.2 Å². The summed E-state index contributed by atoms with van der Waals surface area (Å²) in [6.07, 6.45) is 1.37. The fourth-order valence-corrected chi connectivity index (χ4v) is 5.40. The zero-order valence-electron chi connectivity index (χ0n) is 20.8. The largest absolute Gasteiger partial charge is 0.326 e. The smallest absolute Gasteiger partial charge is 0.324 e. The van der Waals surface area contributed by atoms with Gasteiger partial charge in [0, 0.05) is 36.9 Å². The van der Waals surface area contributed by atoms with Gasteiger partial charge < -0.3 is 20.1 Å². The Hall–Kier alpha value is -3.26. The van der Waals surface area contributed by atoms with Crippen molar-refractivity contribution in [3.63, 3.8) is 0 Å². The molecule has 4 aromatic rings. The fraction of sp³-hybridized carbons (Fsp3) is 0.286. The molecule has 5 rings (SSSR count). The Morgan fingerprint density at radius 3 is 2.46 bits per heavy atom. The standard InChI is InChI=1S/C28H29Cl2N5O2/c1-33(2)17-18-6-3-4-7-21(18)22-8-5-9-25-26(22)32-28(37)35(25)20-12-14-34(15-13-20)27(36)31-19-10-11-23(29)24(30)16-19/h3-11,16,20H,12-15,17H2,1-2H3,(H,31,36)(H,32,37). The number of aromatic nitrogens is 2. The zero-order valence-corrected chi connectivity index (χ0v) is 22.3. The van der Waals surface area contributed by atoms with Gasteiger partial charge in [-0.05, 0) is 62.3 Å². The number of imidazole rings is 1. The number of para-hydroxylation sites is 1. The van der Waals surface area contributed by atoms with Crippen LogP contribution in [0, 0.1) is 0 Å². The second-order valence-corrected chi connectivity index (χ2v) is 10.5. The van der Waals surface area contributed by atoms with Gasteiger partial charge in [0.15, 0.2) is 0 Å². The van der Waals surface area contributed by atoms with E-state index in [0.29, 0.717) is 41.7 Å². The molecule has 3 aromatic carbocycles. The molecule has 0 atom stereocenters. The number of hydrogen-bond acceptors (Lipinski definition) is 3. The van der Waals surface area contributed by atoms with E-state index in [2.05, 4.69) is 33.4 Å². The van der Waals surface area contributed by atoms with E-state index in [1.165, 1.54) is 5.56 Å². The highest BCUT2D eigenvalue weighted by molar-refractivity contribution is 6.42. The number of hydrogen-bond donors (Lipinski definition) is 2. The third-order valence-electron chi connectivity index (χ3n) is 6.83. The lowest BCUT2D eigenvalue weighted by molar-refractivity contribution is 0.184. The van der Waals surface area contributed by atoms with Gasteiger partial charge in [-0.1, -0.05) is 59.6 Å². The first kappa shape index (κ1) is 25.4. The van der Waals surface area contributed by atoms with Gasteiger partial charge in [0.05, 0.1) is 21.1 Å². The second-order valence-electron chi connectivity index (χ2n) is 9.67. The molecule has 9 heteroatoms. The van der Waals surface area contributed by atoms with E-state index in [1.807, 2.05) is 42.9 Å². The molecular formula is C28H29Cl2N5O2. The SMILES string of the molecule is CN(C)Cc1ccccc1-c1cccc2c1[nH]c(=O)n2C1CCN(C(=O)Nc2ccc(Cl)c(Cl)c2)CC1. The summed E-state index contributed by atoms with van der Waals surface area (Å²) in [5, 5.41) is 3.71. The first-order chi connectivity index (χ1) is 17.8. The Bertz CT molecular complexity index is 1500. The minimum atomic E-state index is -0.192. The molecule has 37 heavy (non-hydrogen) atoms. The molecule has 0 saturated carbocycles. The van der Waals surface area contributed by atoms with Crippen LogP contribution in [0.15, 0.2) is 65.5 Å². The monoisotopic (exact) mass is 537 g/mol. The molecular weight excluding hydrogens is 509 g/mol. The molecule has 1 aliphatic rings. The molecule has 1 aromatic heterocycles. The Kier molecular flexibility index (Phi) is 7.29. The lowest BCUT2D eigenvalue weighted by atomic mass is 9.98. The summed E-state index contributed by atoms with van der Waals surface area (Å²) in [4.78, 5) is 33.0. The van der Waals surface area contributed by atoms with Crippen molar-refractivity contribution in [1.82, 2.24) is 19.4 Å². The normalized spacial score (nSPS) is 14.5. The van der Waals surface area contributed by atoms with Crippen molar-refractivity contribution in [3.05, 3.63) is 86.8 Å². The summed E-state index contributed by atoms with van der Waals surface area (Å²) in [6, 6.07) is 19.2. The van der Waals surface area contributed by atoms with Gasteiger partial charge in [-0.2, -0.15) is 0 Å². The Morgan fingerprint density at radius 2 is 1.73 bits per heavy atom. The molecule has 192 valence electrons. The number of anilines is 1. The maximum absolute atomic E-state index is 13.2. The van der Waals surface area contributed by atoms with Gasteiger partial charge in [0.25, 0.3) is 0 Å². The molecule has 7 nitrogen and oxygen atoms in total. The number of nitrogens with one attached hydrogen (secondary N) is 2. The van der Waals surface area contributed by atoms with E-state index in [9.17, 15) is 9.59 Å². The average molecular weight is 538 g/mol. The van der Waals surface area contributed by atoms with Gasteiger partial charge in [-0.3, -0.25) is 4.57 Å². The quantitative estimate of drug-likeness (QED) is 0.316. The lowest BCUT2D eigenvalue weighted by Crippen LogP contribution is -2.42. The predicted molar refractivity (Wildman–Crippen MR) is 151 cm³/mol. The van der Waals surface area contributed by atoms with Crippen LogP contribution in [0.25, 0.3) is 22.2 Å². The number of rotatable bonds is 5. The summed E-state index contributed by atoms with van der Waals surface area (Å²) in [5.41, 5.74) is 5.55. The minimum Gasteiger partial charge on any atom is -0.324 e. The number of likely N-dealkylation sites (tertiary alicyclic amines) is 1.